The average Bonchev–Trinajstić information content (AvgIpc) is 2.76. The maximum Gasteiger partial charge on any atom is 0.316 e. The number of anilines is 1. The monoisotopic (exact) mass is 380 g/mol. The Morgan fingerprint density at radius 1 is 0.857 bits per heavy atom. The molecule has 0 aromatic heterocycles. The highest BCUT2D eigenvalue weighted by Gasteiger charge is 2.32. The fourth-order valence-electron chi connectivity index (χ4n) is 4.05. The van der Waals surface area contributed by atoms with Crippen LogP contribution in [0.1, 0.15) is 23.1 Å². The van der Waals surface area contributed by atoms with Crippen molar-refractivity contribution in [3.05, 3.63) is 53.1 Å². The summed E-state index contributed by atoms with van der Waals surface area (Å²) in [5.41, 5.74) is 4.09. The molecule has 0 saturated heterocycles. The lowest BCUT2D eigenvalue weighted by molar-refractivity contribution is -0.145. The molecule has 2 aromatic carbocycles. The number of fused-ring (bicyclic) bond motifs is 2. The number of carbonyl (C=O) groups excluding carboxylic acids is 2. The van der Waals surface area contributed by atoms with Gasteiger partial charge in [0.15, 0.2) is 11.5 Å². The van der Waals surface area contributed by atoms with Crippen LogP contribution in [0.5, 0.6) is 11.5 Å². The largest absolute Gasteiger partial charge is 0.493 e. The molecule has 0 saturated carbocycles. The van der Waals surface area contributed by atoms with Gasteiger partial charge in [-0.15, -0.1) is 0 Å². The quantitative estimate of drug-likeness (QED) is 0.752. The van der Waals surface area contributed by atoms with E-state index in [2.05, 4.69) is 0 Å². The summed E-state index contributed by atoms with van der Waals surface area (Å²) in [6.07, 6.45) is 2.49. The third-order valence-electron chi connectivity index (χ3n) is 5.54. The van der Waals surface area contributed by atoms with E-state index in [4.69, 9.17) is 9.47 Å². The SMILES string of the molecule is COc1cc2c(cc1OC)CN(C(=O)C(=O)N1CCCc3ccccc31)CC2. The summed E-state index contributed by atoms with van der Waals surface area (Å²) in [6.45, 7) is 1.50. The second-order valence-corrected chi connectivity index (χ2v) is 7.14. The number of benzene rings is 2. The maximum absolute atomic E-state index is 13.0. The Morgan fingerprint density at radius 2 is 1.57 bits per heavy atom. The van der Waals surface area contributed by atoms with Crippen molar-refractivity contribution in [1.29, 1.82) is 0 Å². The lowest BCUT2D eigenvalue weighted by Crippen LogP contribution is -2.48. The maximum atomic E-state index is 13.0. The van der Waals surface area contributed by atoms with Gasteiger partial charge >= 0.3 is 11.8 Å². The summed E-state index contributed by atoms with van der Waals surface area (Å²) >= 11 is 0. The van der Waals surface area contributed by atoms with Crippen molar-refractivity contribution in [3.8, 4) is 11.5 Å². The number of methoxy groups -OCH3 is 2. The minimum absolute atomic E-state index is 0.399. The van der Waals surface area contributed by atoms with E-state index in [0.29, 0.717) is 37.6 Å². The number of aryl methyl sites for hydroxylation is 1. The van der Waals surface area contributed by atoms with Crippen LogP contribution < -0.4 is 14.4 Å². The van der Waals surface area contributed by atoms with Gasteiger partial charge < -0.3 is 19.3 Å². The number of hydrogen-bond donors (Lipinski definition) is 0. The lowest BCUT2D eigenvalue weighted by Gasteiger charge is -2.33. The van der Waals surface area contributed by atoms with Crippen LogP contribution in [0.4, 0.5) is 5.69 Å². The van der Waals surface area contributed by atoms with Crippen molar-refractivity contribution in [1.82, 2.24) is 4.90 Å². The van der Waals surface area contributed by atoms with Gasteiger partial charge in [0, 0.05) is 25.3 Å². The highest BCUT2D eigenvalue weighted by atomic mass is 16.5. The zero-order chi connectivity index (χ0) is 19.7. The molecule has 0 N–H and O–H groups in total. The Hall–Kier alpha value is -3.02. The Morgan fingerprint density at radius 3 is 2.32 bits per heavy atom. The molecule has 0 spiro atoms. The number of rotatable bonds is 2. The van der Waals surface area contributed by atoms with E-state index in [0.717, 1.165) is 35.2 Å². The Kier molecular flexibility index (Phi) is 4.94. The summed E-state index contributed by atoms with van der Waals surface area (Å²) in [6, 6.07) is 11.7. The van der Waals surface area contributed by atoms with Crippen molar-refractivity contribution in [2.75, 3.05) is 32.2 Å². The van der Waals surface area contributed by atoms with Crippen LogP contribution in [0.25, 0.3) is 0 Å². The molecule has 4 rings (SSSR count). The molecule has 28 heavy (non-hydrogen) atoms. The number of hydrogen-bond acceptors (Lipinski definition) is 4. The topological polar surface area (TPSA) is 59.1 Å². The van der Waals surface area contributed by atoms with Crippen LogP contribution >= 0.6 is 0 Å². The van der Waals surface area contributed by atoms with Crippen molar-refractivity contribution in [2.24, 2.45) is 0 Å². The second kappa shape index (κ2) is 7.54. The van der Waals surface area contributed by atoms with Crippen molar-refractivity contribution in [2.45, 2.75) is 25.8 Å². The van der Waals surface area contributed by atoms with Gasteiger partial charge in [0.1, 0.15) is 0 Å². The normalized spacial score (nSPS) is 15.5. The molecular formula is C22H24N2O4. The van der Waals surface area contributed by atoms with E-state index in [1.807, 2.05) is 36.4 Å². The standard InChI is InChI=1S/C22H24N2O4/c1-27-19-12-16-9-11-23(14-17(16)13-20(19)28-2)21(25)22(26)24-10-5-7-15-6-3-4-8-18(15)24/h3-4,6,8,12-13H,5,7,9-11,14H2,1-2H3. The van der Waals surface area contributed by atoms with E-state index in [1.54, 1.807) is 24.0 Å². The molecule has 0 aliphatic carbocycles. The molecule has 0 atom stereocenters. The number of carbonyl (C=O) groups is 2. The molecule has 2 heterocycles. The minimum Gasteiger partial charge on any atom is -0.493 e. The molecule has 2 aliphatic heterocycles. The van der Waals surface area contributed by atoms with E-state index in [-0.39, 0.29) is 0 Å². The summed E-state index contributed by atoms with van der Waals surface area (Å²) in [5, 5.41) is 0. The van der Waals surface area contributed by atoms with Gasteiger partial charge in [-0.25, -0.2) is 0 Å². The molecule has 0 bridgehead atoms. The van der Waals surface area contributed by atoms with Crippen LogP contribution in [0.15, 0.2) is 36.4 Å². The van der Waals surface area contributed by atoms with Crippen LogP contribution in [0.3, 0.4) is 0 Å². The van der Waals surface area contributed by atoms with Gasteiger partial charge in [-0.05, 0) is 54.2 Å². The molecule has 2 aromatic rings. The van der Waals surface area contributed by atoms with Crippen LogP contribution in [0, 0.1) is 0 Å². The molecule has 2 aliphatic rings. The second-order valence-electron chi connectivity index (χ2n) is 7.14. The zero-order valence-corrected chi connectivity index (χ0v) is 16.2. The first-order valence-electron chi connectivity index (χ1n) is 9.55. The highest BCUT2D eigenvalue weighted by molar-refractivity contribution is 6.40. The zero-order valence-electron chi connectivity index (χ0n) is 16.2. The van der Waals surface area contributed by atoms with Gasteiger partial charge in [0.2, 0.25) is 0 Å². The molecule has 6 heteroatoms. The number of nitrogens with zero attached hydrogens (tertiary/aromatic N) is 2. The summed E-state index contributed by atoms with van der Waals surface area (Å²) < 4.78 is 10.7. The van der Waals surface area contributed by atoms with Gasteiger partial charge in [-0.3, -0.25) is 9.59 Å². The first-order chi connectivity index (χ1) is 13.6. The minimum atomic E-state index is -0.448. The van der Waals surface area contributed by atoms with Crippen molar-refractivity contribution in [3.63, 3.8) is 0 Å². The molecular weight excluding hydrogens is 356 g/mol. The predicted molar refractivity (Wildman–Crippen MR) is 106 cm³/mol. The number of para-hydroxylation sites is 1. The fourth-order valence-corrected chi connectivity index (χ4v) is 4.05. The Bertz CT molecular complexity index is 925. The lowest BCUT2D eigenvalue weighted by atomic mass is 9.98. The van der Waals surface area contributed by atoms with Crippen molar-refractivity contribution < 1.29 is 19.1 Å². The molecule has 146 valence electrons. The Labute approximate surface area is 164 Å². The van der Waals surface area contributed by atoms with Crippen LogP contribution in [-0.4, -0.2) is 44.0 Å². The molecule has 0 fully saturated rings. The average molecular weight is 380 g/mol. The summed E-state index contributed by atoms with van der Waals surface area (Å²) in [7, 11) is 3.20. The molecule has 2 amide bonds. The van der Waals surface area contributed by atoms with Gasteiger partial charge in [0.05, 0.1) is 14.2 Å². The van der Waals surface area contributed by atoms with E-state index in [9.17, 15) is 9.59 Å². The van der Waals surface area contributed by atoms with Gasteiger partial charge in [0.25, 0.3) is 0 Å². The Balaban J connectivity index is 1.55. The first kappa shape index (κ1) is 18.3. The summed E-state index contributed by atoms with van der Waals surface area (Å²) in [5.74, 6) is 0.419. The van der Waals surface area contributed by atoms with Crippen molar-refractivity contribution >= 4 is 17.5 Å². The van der Waals surface area contributed by atoms with Crippen LogP contribution in [0.2, 0.25) is 0 Å². The van der Waals surface area contributed by atoms with Gasteiger partial charge in [-0.2, -0.15) is 0 Å². The third kappa shape index (κ3) is 3.19. The third-order valence-corrected chi connectivity index (χ3v) is 5.54. The molecule has 6 nitrogen and oxygen atoms in total. The number of amides is 2. The first-order valence-corrected chi connectivity index (χ1v) is 9.55. The predicted octanol–water partition coefficient (Wildman–Crippen LogP) is 2.57. The number of ether oxygens (including phenoxy) is 2. The summed E-state index contributed by atoms with van der Waals surface area (Å²) in [4.78, 5) is 29.2. The smallest absolute Gasteiger partial charge is 0.316 e. The van der Waals surface area contributed by atoms with Crippen LogP contribution in [-0.2, 0) is 29.0 Å². The highest BCUT2D eigenvalue weighted by Crippen LogP contribution is 2.33. The van der Waals surface area contributed by atoms with Gasteiger partial charge in [-0.1, -0.05) is 18.2 Å². The van der Waals surface area contributed by atoms with E-state index in [1.165, 1.54) is 0 Å². The fraction of sp³-hybridized carbons (Fsp3) is 0.364. The van der Waals surface area contributed by atoms with E-state index < -0.39 is 11.8 Å². The van der Waals surface area contributed by atoms with E-state index >= 15 is 0 Å². The molecule has 0 radical (unpaired) electrons. The molecule has 0 unspecified atom stereocenters.